The molecule has 0 bridgehead atoms. The van der Waals surface area contributed by atoms with E-state index in [4.69, 9.17) is 11.6 Å². The number of amidine groups is 1. The number of carbonyl (C=O) groups excluding carboxylic acids is 1. The normalized spacial score (nSPS) is 13.8. The van der Waals surface area contributed by atoms with Gasteiger partial charge >= 0.3 is 0 Å². The number of benzene rings is 2. The maximum Gasteiger partial charge on any atom is 0.246 e. The van der Waals surface area contributed by atoms with Crippen molar-refractivity contribution >= 4 is 33.2 Å². The van der Waals surface area contributed by atoms with Crippen LogP contribution >= 0.6 is 11.6 Å². The van der Waals surface area contributed by atoms with Gasteiger partial charge in [0.1, 0.15) is 17.5 Å². The monoisotopic (exact) mass is 478 g/mol. The van der Waals surface area contributed by atoms with Crippen molar-refractivity contribution in [1.82, 2.24) is 15.5 Å². The van der Waals surface area contributed by atoms with Crippen LogP contribution in [0.3, 0.4) is 0 Å². The molecule has 10 heteroatoms. The summed E-state index contributed by atoms with van der Waals surface area (Å²) in [7, 11) is -2.02. The van der Waals surface area contributed by atoms with Gasteiger partial charge in [-0.3, -0.25) is 15.1 Å². The van der Waals surface area contributed by atoms with Crippen LogP contribution in [-0.4, -0.2) is 57.6 Å². The number of likely N-dealkylation sites (N-methyl/N-ethyl adjacent to an activating group) is 1. The van der Waals surface area contributed by atoms with E-state index in [0.29, 0.717) is 23.5 Å². The number of rotatable bonds is 9. The average Bonchev–Trinajstić information content (AvgIpc) is 3.29. The fourth-order valence-corrected chi connectivity index (χ4v) is 4.77. The van der Waals surface area contributed by atoms with Gasteiger partial charge in [0.05, 0.1) is 16.5 Å². The van der Waals surface area contributed by atoms with Gasteiger partial charge in [-0.1, -0.05) is 41.9 Å². The molecule has 2 aromatic carbocycles. The Kier molecular flexibility index (Phi) is 8.00. The number of hydrogen-bond donors (Lipinski definition) is 2. The highest BCUT2D eigenvalue weighted by atomic mass is 35.5. The van der Waals surface area contributed by atoms with Crippen molar-refractivity contribution < 1.29 is 17.6 Å². The summed E-state index contributed by atoms with van der Waals surface area (Å²) in [4.78, 5) is 18.0. The van der Waals surface area contributed by atoms with Gasteiger partial charge in [-0.15, -0.1) is 0 Å². The third-order valence-electron chi connectivity index (χ3n) is 4.77. The van der Waals surface area contributed by atoms with E-state index in [1.165, 1.54) is 35.3 Å². The second-order valence-corrected chi connectivity index (χ2v) is 9.57. The number of nitrogens with one attached hydrogen (secondary N) is 2. The molecule has 0 atom stereocenters. The highest BCUT2D eigenvalue weighted by Crippen LogP contribution is 2.21. The predicted molar refractivity (Wildman–Crippen MR) is 123 cm³/mol. The third-order valence-corrected chi connectivity index (χ3v) is 6.82. The SMILES string of the molecule is CN(Cc1ccc(C2=NCCN2)cc1F)C(=O)/C=C/CNCS(=O)(=O)c1ccccc1Cl. The van der Waals surface area contributed by atoms with Gasteiger partial charge < -0.3 is 10.2 Å². The van der Waals surface area contributed by atoms with E-state index < -0.39 is 15.7 Å². The Morgan fingerprint density at radius 3 is 2.78 bits per heavy atom. The predicted octanol–water partition coefficient (Wildman–Crippen LogP) is 2.36. The van der Waals surface area contributed by atoms with Crippen LogP contribution < -0.4 is 10.6 Å². The summed E-state index contributed by atoms with van der Waals surface area (Å²) in [5.74, 6) is -0.380. The van der Waals surface area contributed by atoms with Crippen LogP contribution in [0.2, 0.25) is 5.02 Å². The van der Waals surface area contributed by atoms with E-state index >= 15 is 0 Å². The van der Waals surface area contributed by atoms with Gasteiger partial charge in [0.2, 0.25) is 5.91 Å². The van der Waals surface area contributed by atoms with Crippen molar-refractivity contribution in [3.8, 4) is 0 Å². The van der Waals surface area contributed by atoms with Gasteiger partial charge in [-0.25, -0.2) is 12.8 Å². The highest BCUT2D eigenvalue weighted by molar-refractivity contribution is 7.91. The molecule has 0 saturated heterocycles. The van der Waals surface area contributed by atoms with Crippen molar-refractivity contribution in [3.63, 3.8) is 0 Å². The molecule has 0 radical (unpaired) electrons. The lowest BCUT2D eigenvalue weighted by atomic mass is 10.1. The number of carbonyl (C=O) groups is 1. The van der Waals surface area contributed by atoms with Crippen LogP contribution in [0.1, 0.15) is 11.1 Å². The summed E-state index contributed by atoms with van der Waals surface area (Å²) in [6, 6.07) is 11.0. The minimum atomic E-state index is -3.59. The first-order valence-corrected chi connectivity index (χ1v) is 12.0. The van der Waals surface area contributed by atoms with Crippen molar-refractivity contribution in [3.05, 3.63) is 76.6 Å². The third kappa shape index (κ3) is 6.15. The fraction of sp³-hybridized carbons (Fsp3) is 0.273. The summed E-state index contributed by atoms with van der Waals surface area (Å²) in [5, 5.41) is 6.01. The maximum atomic E-state index is 14.4. The Hall–Kier alpha value is -2.75. The maximum absolute atomic E-state index is 14.4. The zero-order chi connectivity index (χ0) is 23.1. The fourth-order valence-electron chi connectivity index (χ4n) is 3.09. The molecule has 32 heavy (non-hydrogen) atoms. The van der Waals surface area contributed by atoms with E-state index in [-0.39, 0.29) is 34.8 Å². The van der Waals surface area contributed by atoms with Crippen LogP contribution in [0, 0.1) is 5.82 Å². The lowest BCUT2D eigenvalue weighted by Gasteiger charge is -2.16. The molecule has 1 aliphatic rings. The Bertz CT molecular complexity index is 1150. The van der Waals surface area contributed by atoms with Gasteiger partial charge in [0.15, 0.2) is 9.84 Å². The molecule has 0 spiro atoms. The van der Waals surface area contributed by atoms with E-state index in [9.17, 15) is 17.6 Å². The highest BCUT2D eigenvalue weighted by Gasteiger charge is 2.17. The first-order chi connectivity index (χ1) is 15.3. The molecule has 0 fully saturated rings. The standard InChI is InChI=1S/C22H24ClFN4O3S/c1-28(14-17-9-8-16(13-19(17)24)22-26-11-12-27-22)21(29)7-4-10-25-15-32(30,31)20-6-3-2-5-18(20)23/h2-9,13,25H,10-12,14-15H2,1H3,(H,26,27)/b7-4+. The topological polar surface area (TPSA) is 90.9 Å². The van der Waals surface area contributed by atoms with Crippen LogP contribution in [0.4, 0.5) is 4.39 Å². The summed E-state index contributed by atoms with van der Waals surface area (Å²) in [6.45, 7) is 1.68. The van der Waals surface area contributed by atoms with Crippen LogP contribution in [-0.2, 0) is 21.2 Å². The van der Waals surface area contributed by atoms with E-state index in [2.05, 4.69) is 15.6 Å². The van der Waals surface area contributed by atoms with E-state index in [1.54, 1.807) is 31.3 Å². The molecule has 1 aliphatic heterocycles. The molecule has 2 aromatic rings. The molecule has 0 unspecified atom stereocenters. The number of hydrogen-bond acceptors (Lipinski definition) is 6. The van der Waals surface area contributed by atoms with E-state index in [0.717, 1.165) is 6.54 Å². The van der Waals surface area contributed by atoms with Gasteiger partial charge in [-0.2, -0.15) is 0 Å². The molecule has 2 N–H and O–H groups in total. The molecular weight excluding hydrogens is 455 g/mol. The molecule has 1 amide bonds. The Balaban J connectivity index is 1.48. The van der Waals surface area contributed by atoms with Crippen LogP contribution in [0.15, 0.2) is 64.5 Å². The zero-order valence-corrected chi connectivity index (χ0v) is 19.1. The zero-order valence-electron chi connectivity index (χ0n) is 17.5. The molecule has 170 valence electrons. The number of aliphatic imine (C=N–C) groups is 1. The molecule has 0 aliphatic carbocycles. The van der Waals surface area contributed by atoms with Gasteiger partial charge in [-0.05, 0) is 18.2 Å². The summed E-state index contributed by atoms with van der Waals surface area (Å²) >= 11 is 5.94. The molecule has 0 saturated carbocycles. The number of sulfone groups is 1. The number of amides is 1. The molecule has 7 nitrogen and oxygen atoms in total. The Labute approximate surface area is 191 Å². The van der Waals surface area contributed by atoms with Crippen molar-refractivity contribution in [2.75, 3.05) is 32.6 Å². The lowest BCUT2D eigenvalue weighted by molar-refractivity contribution is -0.125. The van der Waals surface area contributed by atoms with Crippen molar-refractivity contribution in [2.24, 2.45) is 4.99 Å². The van der Waals surface area contributed by atoms with Gasteiger partial charge in [0.25, 0.3) is 0 Å². The van der Waals surface area contributed by atoms with E-state index in [1.807, 2.05) is 0 Å². The minimum Gasteiger partial charge on any atom is -0.368 e. The minimum absolute atomic E-state index is 0.0535. The Morgan fingerprint density at radius 2 is 2.09 bits per heavy atom. The first kappa shape index (κ1) is 23.9. The molecule has 0 aromatic heterocycles. The van der Waals surface area contributed by atoms with Crippen LogP contribution in [0.25, 0.3) is 0 Å². The quantitative estimate of drug-likeness (QED) is 0.426. The second-order valence-electron chi connectivity index (χ2n) is 7.20. The second kappa shape index (κ2) is 10.7. The van der Waals surface area contributed by atoms with Crippen molar-refractivity contribution in [2.45, 2.75) is 11.4 Å². The number of nitrogens with zero attached hydrogens (tertiary/aromatic N) is 2. The van der Waals surface area contributed by atoms with Crippen LogP contribution in [0.5, 0.6) is 0 Å². The smallest absolute Gasteiger partial charge is 0.246 e. The largest absolute Gasteiger partial charge is 0.368 e. The summed E-state index contributed by atoms with van der Waals surface area (Å²) in [6.07, 6.45) is 2.84. The Morgan fingerprint density at radius 1 is 1.31 bits per heavy atom. The van der Waals surface area contributed by atoms with Gasteiger partial charge in [0, 0.05) is 43.9 Å². The summed E-state index contributed by atoms with van der Waals surface area (Å²) in [5.41, 5.74) is 1.07. The summed E-state index contributed by atoms with van der Waals surface area (Å²) < 4.78 is 39.1. The number of halogens is 2. The molecule has 3 rings (SSSR count). The lowest BCUT2D eigenvalue weighted by Crippen LogP contribution is -2.26. The molecule has 1 heterocycles. The average molecular weight is 479 g/mol. The van der Waals surface area contributed by atoms with Crippen molar-refractivity contribution in [1.29, 1.82) is 0 Å². The molecular formula is C22H24ClFN4O3S. The first-order valence-electron chi connectivity index (χ1n) is 9.94.